The number of carbonyl (C=O) groups is 1. The molecule has 0 atom stereocenters. The number of pyridine rings is 1. The van der Waals surface area contributed by atoms with Gasteiger partial charge in [-0.3, -0.25) is 9.78 Å². The maximum Gasteiger partial charge on any atom is 0.433 e. The summed E-state index contributed by atoms with van der Waals surface area (Å²) in [5.74, 6) is -0.602. The molecule has 0 radical (unpaired) electrons. The van der Waals surface area contributed by atoms with Crippen LogP contribution in [0.15, 0.2) is 54.9 Å². The van der Waals surface area contributed by atoms with E-state index in [1.54, 1.807) is 36.7 Å². The number of nitrogens with one attached hydrogen (secondary N) is 1. The van der Waals surface area contributed by atoms with E-state index in [-0.39, 0.29) is 23.6 Å². The van der Waals surface area contributed by atoms with Crippen LogP contribution in [-0.4, -0.2) is 25.5 Å². The number of aromatic nitrogens is 4. The van der Waals surface area contributed by atoms with Crippen molar-refractivity contribution in [3.05, 3.63) is 82.9 Å². The number of halogens is 3. The van der Waals surface area contributed by atoms with Crippen LogP contribution in [0, 0.1) is 13.8 Å². The Labute approximate surface area is 175 Å². The van der Waals surface area contributed by atoms with Crippen molar-refractivity contribution in [3.63, 3.8) is 0 Å². The Morgan fingerprint density at radius 1 is 1.10 bits per heavy atom. The number of hydrogen-bond acceptors (Lipinski definition) is 4. The van der Waals surface area contributed by atoms with E-state index in [4.69, 9.17) is 0 Å². The molecule has 3 aromatic heterocycles. The van der Waals surface area contributed by atoms with Crippen LogP contribution >= 0.6 is 0 Å². The van der Waals surface area contributed by atoms with Gasteiger partial charge < -0.3 is 5.32 Å². The number of amides is 1. The van der Waals surface area contributed by atoms with Crippen LogP contribution in [0.1, 0.15) is 32.9 Å². The van der Waals surface area contributed by atoms with Gasteiger partial charge in [0.1, 0.15) is 0 Å². The second-order valence-electron chi connectivity index (χ2n) is 7.17. The molecule has 4 rings (SSSR count). The van der Waals surface area contributed by atoms with Crippen LogP contribution in [0.5, 0.6) is 0 Å². The summed E-state index contributed by atoms with van der Waals surface area (Å²) in [6.07, 6.45) is -1.49. The number of benzene rings is 1. The number of hydrogen-bond donors (Lipinski definition) is 1. The lowest BCUT2D eigenvalue weighted by Gasteiger charge is -2.11. The van der Waals surface area contributed by atoms with Crippen molar-refractivity contribution in [2.24, 2.45) is 0 Å². The largest absolute Gasteiger partial charge is 0.433 e. The maximum absolute atomic E-state index is 13.7. The smallest absolute Gasteiger partial charge is 0.347 e. The van der Waals surface area contributed by atoms with E-state index in [0.717, 1.165) is 22.8 Å². The Bertz CT molecular complexity index is 1270. The lowest BCUT2D eigenvalue weighted by atomic mass is 10.0. The van der Waals surface area contributed by atoms with E-state index in [0.29, 0.717) is 10.1 Å². The predicted molar refractivity (Wildman–Crippen MR) is 108 cm³/mol. The van der Waals surface area contributed by atoms with Crippen molar-refractivity contribution in [1.29, 1.82) is 0 Å². The third kappa shape index (κ3) is 4.25. The molecule has 1 aromatic carbocycles. The number of rotatable bonds is 4. The highest BCUT2D eigenvalue weighted by Gasteiger charge is 2.35. The zero-order valence-corrected chi connectivity index (χ0v) is 16.7. The van der Waals surface area contributed by atoms with Crippen LogP contribution in [0.4, 0.5) is 13.2 Å². The molecule has 158 valence electrons. The van der Waals surface area contributed by atoms with Gasteiger partial charge in [0.05, 0.1) is 5.69 Å². The fourth-order valence-corrected chi connectivity index (χ4v) is 3.11. The number of nitrogens with zero attached hydrogens (tertiary/aromatic N) is 4. The number of fused-ring (bicyclic) bond motifs is 1. The van der Waals surface area contributed by atoms with Crippen LogP contribution in [0.2, 0.25) is 0 Å². The molecule has 9 heteroatoms. The molecule has 31 heavy (non-hydrogen) atoms. The van der Waals surface area contributed by atoms with Gasteiger partial charge in [-0.25, -0.2) is 9.50 Å². The summed E-state index contributed by atoms with van der Waals surface area (Å²) < 4.78 is 41.9. The molecule has 6 nitrogen and oxygen atoms in total. The highest BCUT2D eigenvalue weighted by Crippen LogP contribution is 2.32. The van der Waals surface area contributed by atoms with E-state index in [1.165, 1.54) is 6.07 Å². The Balaban J connectivity index is 1.73. The minimum Gasteiger partial charge on any atom is -0.347 e. The fourth-order valence-electron chi connectivity index (χ4n) is 3.11. The molecule has 1 N–H and O–H groups in total. The molecule has 0 fully saturated rings. The molecule has 3 heterocycles. The molecule has 0 spiro atoms. The van der Waals surface area contributed by atoms with Crippen molar-refractivity contribution in [2.45, 2.75) is 26.6 Å². The maximum atomic E-state index is 13.7. The van der Waals surface area contributed by atoms with Gasteiger partial charge in [-0.05, 0) is 48.7 Å². The first kappa shape index (κ1) is 20.5. The minimum absolute atomic E-state index is 0.0606. The molecule has 0 bridgehead atoms. The summed E-state index contributed by atoms with van der Waals surface area (Å²) in [5.41, 5.74) is 2.22. The second-order valence-corrected chi connectivity index (χ2v) is 7.17. The van der Waals surface area contributed by atoms with E-state index in [1.807, 2.05) is 19.9 Å². The van der Waals surface area contributed by atoms with Crippen LogP contribution in [0.25, 0.3) is 16.9 Å². The SMILES string of the molecule is Cc1ccc(-c2cc(C(F)(F)F)n3nc(C(=O)NCc4cccnc4)cc3n2)cc1C. The van der Waals surface area contributed by atoms with E-state index < -0.39 is 17.8 Å². The van der Waals surface area contributed by atoms with Crippen LogP contribution in [-0.2, 0) is 12.7 Å². The third-order valence-corrected chi connectivity index (χ3v) is 4.93. The van der Waals surface area contributed by atoms with Crippen molar-refractivity contribution in [1.82, 2.24) is 24.9 Å². The van der Waals surface area contributed by atoms with Gasteiger partial charge in [0.2, 0.25) is 0 Å². The summed E-state index contributed by atoms with van der Waals surface area (Å²) in [4.78, 5) is 20.7. The summed E-state index contributed by atoms with van der Waals surface area (Å²) in [7, 11) is 0. The number of carbonyl (C=O) groups excluding carboxylic acids is 1. The van der Waals surface area contributed by atoms with Gasteiger partial charge in [-0.15, -0.1) is 0 Å². The molecule has 0 aliphatic carbocycles. The van der Waals surface area contributed by atoms with Crippen molar-refractivity contribution >= 4 is 11.6 Å². The first-order valence-corrected chi connectivity index (χ1v) is 9.45. The molecule has 0 saturated carbocycles. The Morgan fingerprint density at radius 3 is 2.58 bits per heavy atom. The average Bonchev–Trinajstić information content (AvgIpc) is 3.17. The monoisotopic (exact) mass is 425 g/mol. The van der Waals surface area contributed by atoms with Crippen molar-refractivity contribution in [3.8, 4) is 11.3 Å². The molecule has 0 aliphatic rings. The Hall–Kier alpha value is -3.75. The van der Waals surface area contributed by atoms with Crippen LogP contribution < -0.4 is 5.32 Å². The zero-order valence-electron chi connectivity index (χ0n) is 16.7. The van der Waals surface area contributed by atoms with Crippen molar-refractivity contribution < 1.29 is 18.0 Å². The predicted octanol–water partition coefficient (Wildman–Crippen LogP) is 4.36. The van der Waals surface area contributed by atoms with Crippen LogP contribution in [0.3, 0.4) is 0 Å². The van der Waals surface area contributed by atoms with Gasteiger partial charge in [0.25, 0.3) is 5.91 Å². The van der Waals surface area contributed by atoms with E-state index in [9.17, 15) is 18.0 Å². The lowest BCUT2D eigenvalue weighted by Crippen LogP contribution is -2.23. The summed E-state index contributed by atoms with van der Waals surface area (Å²) in [6, 6.07) is 11.0. The molecule has 0 aliphatic heterocycles. The molecule has 0 saturated heterocycles. The number of alkyl halides is 3. The highest BCUT2D eigenvalue weighted by molar-refractivity contribution is 5.93. The first-order valence-electron chi connectivity index (χ1n) is 9.45. The lowest BCUT2D eigenvalue weighted by molar-refractivity contribution is -0.142. The summed E-state index contributed by atoms with van der Waals surface area (Å²) >= 11 is 0. The first-order chi connectivity index (χ1) is 14.7. The van der Waals surface area contributed by atoms with E-state index in [2.05, 4.69) is 20.4 Å². The third-order valence-electron chi connectivity index (χ3n) is 4.93. The van der Waals surface area contributed by atoms with Crippen molar-refractivity contribution in [2.75, 3.05) is 0 Å². The van der Waals surface area contributed by atoms with Gasteiger partial charge in [0.15, 0.2) is 17.0 Å². The molecular weight excluding hydrogens is 407 g/mol. The standard InChI is InChI=1S/C22H18F3N5O/c1-13-5-6-16(8-14(13)2)17-9-19(22(23,24)25)30-20(28-17)10-18(29-30)21(31)27-12-15-4-3-7-26-11-15/h3-11H,12H2,1-2H3,(H,27,31). The summed E-state index contributed by atoms with van der Waals surface area (Å²) in [6.45, 7) is 3.98. The number of aryl methyl sites for hydroxylation is 2. The normalized spacial score (nSPS) is 11.6. The molecular formula is C22H18F3N5O. The van der Waals surface area contributed by atoms with E-state index >= 15 is 0 Å². The molecule has 4 aromatic rings. The highest BCUT2D eigenvalue weighted by atomic mass is 19.4. The summed E-state index contributed by atoms with van der Waals surface area (Å²) in [5, 5.41) is 6.49. The van der Waals surface area contributed by atoms with Gasteiger partial charge in [0, 0.05) is 30.6 Å². The topological polar surface area (TPSA) is 72.2 Å². The fraction of sp³-hybridized carbons (Fsp3) is 0.182. The quantitative estimate of drug-likeness (QED) is 0.528. The Morgan fingerprint density at radius 2 is 1.90 bits per heavy atom. The molecule has 1 amide bonds. The molecule has 0 unspecified atom stereocenters. The van der Waals surface area contributed by atoms with Gasteiger partial charge in [-0.2, -0.15) is 18.3 Å². The average molecular weight is 425 g/mol. The van der Waals surface area contributed by atoms with Gasteiger partial charge in [-0.1, -0.05) is 18.2 Å². The second kappa shape index (κ2) is 7.82. The minimum atomic E-state index is -4.68. The zero-order chi connectivity index (χ0) is 22.2. The van der Waals surface area contributed by atoms with Gasteiger partial charge >= 0.3 is 6.18 Å². The Kier molecular flexibility index (Phi) is 5.18.